The van der Waals surface area contributed by atoms with Crippen molar-refractivity contribution in [3.63, 3.8) is 0 Å². The summed E-state index contributed by atoms with van der Waals surface area (Å²) in [6, 6.07) is 6.71. The number of ketones is 1. The Morgan fingerprint density at radius 2 is 1.66 bits per heavy atom. The van der Waals surface area contributed by atoms with Crippen molar-refractivity contribution in [1.29, 1.82) is 0 Å². The highest BCUT2D eigenvalue weighted by Gasteiger charge is 2.48. The SMILES string of the molecule is CS(=O)(=O)C(C1CC1)N(C(=O)CCC(=O)N1CCOCC1)C1CCCN(S(=O)(=O)c2ccccc2)CC1=O. The molecule has 0 bridgehead atoms. The lowest BCUT2D eigenvalue weighted by Gasteiger charge is -2.36. The Morgan fingerprint density at radius 1 is 1.00 bits per heavy atom. The Balaban J connectivity index is 1.56. The van der Waals surface area contributed by atoms with E-state index in [1.54, 1.807) is 23.1 Å². The van der Waals surface area contributed by atoms with Gasteiger partial charge in [-0.2, -0.15) is 4.31 Å². The van der Waals surface area contributed by atoms with Gasteiger partial charge in [0.15, 0.2) is 15.6 Å². The highest BCUT2D eigenvalue weighted by molar-refractivity contribution is 7.91. The van der Waals surface area contributed by atoms with Crippen LogP contribution in [-0.2, 0) is 39.0 Å². The van der Waals surface area contributed by atoms with Crippen LogP contribution in [0.5, 0.6) is 0 Å². The van der Waals surface area contributed by atoms with Crippen molar-refractivity contribution in [2.45, 2.75) is 54.8 Å². The molecular formula is C25H35N3O8S2. The van der Waals surface area contributed by atoms with E-state index >= 15 is 0 Å². The molecular weight excluding hydrogens is 534 g/mol. The first-order valence-corrected chi connectivity index (χ1v) is 16.3. The van der Waals surface area contributed by atoms with Crippen molar-refractivity contribution >= 4 is 37.5 Å². The van der Waals surface area contributed by atoms with Gasteiger partial charge in [0.2, 0.25) is 21.8 Å². The minimum absolute atomic E-state index is 0.0628. The van der Waals surface area contributed by atoms with Gasteiger partial charge in [0, 0.05) is 38.7 Å². The number of carbonyl (C=O) groups excluding carboxylic acids is 3. The average Bonchev–Trinajstić information content (AvgIpc) is 3.74. The van der Waals surface area contributed by atoms with Crippen LogP contribution in [0.2, 0.25) is 0 Å². The maximum absolute atomic E-state index is 13.6. The largest absolute Gasteiger partial charge is 0.378 e. The molecule has 0 spiro atoms. The maximum atomic E-state index is 13.6. The lowest BCUT2D eigenvalue weighted by atomic mass is 10.0. The third-order valence-electron chi connectivity index (χ3n) is 7.25. The van der Waals surface area contributed by atoms with Crippen molar-refractivity contribution in [1.82, 2.24) is 14.1 Å². The van der Waals surface area contributed by atoms with Crippen LogP contribution in [0, 0.1) is 5.92 Å². The first kappa shape index (κ1) is 28.7. The van der Waals surface area contributed by atoms with Crippen LogP contribution in [0.1, 0.15) is 38.5 Å². The van der Waals surface area contributed by atoms with Crippen LogP contribution in [0.25, 0.3) is 0 Å². The average molecular weight is 570 g/mol. The van der Waals surface area contributed by atoms with Crippen LogP contribution < -0.4 is 0 Å². The summed E-state index contributed by atoms with van der Waals surface area (Å²) in [5, 5.41) is -1.18. The van der Waals surface area contributed by atoms with Crippen molar-refractivity contribution < 1.29 is 36.0 Å². The number of benzene rings is 1. The lowest BCUT2D eigenvalue weighted by Crippen LogP contribution is -2.55. The van der Waals surface area contributed by atoms with Gasteiger partial charge in [-0.1, -0.05) is 18.2 Å². The standard InChI is InChI=1S/C25H35N3O8S2/c1-37(32,33)25(19-9-10-19)28(24(31)12-11-23(30)26-14-16-36-17-15-26)21-8-5-13-27(18-22(21)29)38(34,35)20-6-3-2-4-7-20/h2-4,6-7,19,21,25H,5,8-18H2,1H3. The number of sulfonamides is 1. The minimum atomic E-state index is -3.94. The molecule has 3 fully saturated rings. The van der Waals surface area contributed by atoms with Crippen molar-refractivity contribution in [3.05, 3.63) is 30.3 Å². The topological polar surface area (TPSA) is 138 Å². The van der Waals surface area contributed by atoms with Gasteiger partial charge in [0.25, 0.3) is 0 Å². The summed E-state index contributed by atoms with van der Waals surface area (Å²) < 4.78 is 58.5. The summed E-state index contributed by atoms with van der Waals surface area (Å²) in [5.74, 6) is -1.61. The molecule has 1 saturated carbocycles. The van der Waals surface area contributed by atoms with E-state index in [9.17, 15) is 31.2 Å². The van der Waals surface area contributed by atoms with Crippen molar-refractivity contribution in [3.8, 4) is 0 Å². The van der Waals surface area contributed by atoms with Gasteiger partial charge in [-0.05, 0) is 43.7 Å². The monoisotopic (exact) mass is 569 g/mol. The van der Waals surface area contributed by atoms with Crippen molar-refractivity contribution in [2.24, 2.45) is 5.92 Å². The van der Waals surface area contributed by atoms with E-state index in [-0.39, 0.29) is 48.9 Å². The van der Waals surface area contributed by atoms with Gasteiger partial charge in [-0.15, -0.1) is 0 Å². The third kappa shape index (κ3) is 6.61. The van der Waals surface area contributed by atoms with Gasteiger partial charge in [0.1, 0.15) is 5.37 Å². The Bertz CT molecular complexity index is 1240. The summed E-state index contributed by atoms with van der Waals surface area (Å²) in [6.07, 6.45) is 2.37. The van der Waals surface area contributed by atoms with Gasteiger partial charge in [-0.25, -0.2) is 16.8 Å². The number of morpholine rings is 1. The maximum Gasteiger partial charge on any atom is 0.243 e. The second kappa shape index (κ2) is 11.8. The first-order chi connectivity index (χ1) is 18.0. The van der Waals surface area contributed by atoms with E-state index in [0.29, 0.717) is 39.1 Å². The van der Waals surface area contributed by atoms with Crippen LogP contribution >= 0.6 is 0 Å². The van der Waals surface area contributed by atoms with Gasteiger partial charge < -0.3 is 14.5 Å². The van der Waals surface area contributed by atoms with Crippen molar-refractivity contribution in [2.75, 3.05) is 45.6 Å². The molecule has 2 aliphatic heterocycles. The number of rotatable bonds is 9. The number of nitrogens with zero attached hydrogens (tertiary/aromatic N) is 3. The third-order valence-corrected chi connectivity index (χ3v) is 10.6. The number of hydrogen-bond acceptors (Lipinski definition) is 8. The zero-order chi connectivity index (χ0) is 27.5. The number of Topliss-reactive ketones (excluding diaryl/α,β-unsaturated/α-hetero) is 1. The molecule has 210 valence electrons. The highest BCUT2D eigenvalue weighted by Crippen LogP contribution is 2.40. The normalized spacial score (nSPS) is 22.5. The number of hydrogen-bond donors (Lipinski definition) is 0. The van der Waals surface area contributed by atoms with Crippen LogP contribution in [0.15, 0.2) is 35.2 Å². The van der Waals surface area contributed by atoms with E-state index in [1.165, 1.54) is 17.0 Å². The summed E-state index contributed by atoms with van der Waals surface area (Å²) in [7, 11) is -7.71. The van der Waals surface area contributed by atoms with Crippen LogP contribution in [-0.4, -0.2) is 106 Å². The number of carbonyl (C=O) groups is 3. The Morgan fingerprint density at radius 3 is 2.26 bits per heavy atom. The summed E-state index contributed by atoms with van der Waals surface area (Å²) in [5.41, 5.74) is 0. The molecule has 2 unspecified atom stereocenters. The second-order valence-corrected chi connectivity index (χ2v) is 14.2. The van der Waals surface area contributed by atoms with E-state index in [4.69, 9.17) is 4.74 Å². The molecule has 1 aromatic carbocycles. The predicted octanol–water partition coefficient (Wildman–Crippen LogP) is 0.657. The molecule has 0 radical (unpaired) electrons. The van der Waals surface area contributed by atoms with E-state index < -0.39 is 49.5 Å². The molecule has 1 aliphatic carbocycles. The molecule has 0 aromatic heterocycles. The van der Waals surface area contributed by atoms with Crippen LogP contribution in [0.4, 0.5) is 0 Å². The predicted molar refractivity (Wildman–Crippen MR) is 138 cm³/mol. The zero-order valence-electron chi connectivity index (χ0n) is 21.5. The molecule has 2 heterocycles. The molecule has 11 nitrogen and oxygen atoms in total. The zero-order valence-corrected chi connectivity index (χ0v) is 23.2. The number of ether oxygens (including phenoxy) is 1. The van der Waals surface area contributed by atoms with Gasteiger partial charge >= 0.3 is 0 Å². The van der Waals surface area contributed by atoms with E-state index in [0.717, 1.165) is 10.6 Å². The Kier molecular flexibility index (Phi) is 8.90. The summed E-state index contributed by atoms with van der Waals surface area (Å²) >= 11 is 0. The van der Waals surface area contributed by atoms with E-state index in [2.05, 4.69) is 0 Å². The van der Waals surface area contributed by atoms with E-state index in [1.807, 2.05) is 0 Å². The fraction of sp³-hybridized carbons (Fsp3) is 0.640. The molecule has 2 saturated heterocycles. The highest BCUT2D eigenvalue weighted by atomic mass is 32.2. The summed E-state index contributed by atoms with van der Waals surface area (Å²) in [6.45, 7) is 1.31. The van der Waals surface area contributed by atoms with Gasteiger partial charge in [0.05, 0.1) is 30.7 Å². The molecule has 0 N–H and O–H groups in total. The smallest absolute Gasteiger partial charge is 0.243 e. The Hall–Kier alpha value is -2.35. The fourth-order valence-electron chi connectivity index (χ4n) is 5.19. The molecule has 13 heteroatoms. The molecule has 1 aromatic rings. The Labute approximate surface area is 224 Å². The number of sulfone groups is 1. The number of amides is 2. The minimum Gasteiger partial charge on any atom is -0.378 e. The van der Waals surface area contributed by atoms with Gasteiger partial charge in [-0.3, -0.25) is 14.4 Å². The molecule has 3 aliphatic rings. The second-order valence-electron chi connectivity index (χ2n) is 10.1. The van der Waals surface area contributed by atoms with Crippen LogP contribution in [0.3, 0.4) is 0 Å². The summed E-state index contributed by atoms with van der Waals surface area (Å²) in [4.78, 5) is 42.6. The fourth-order valence-corrected chi connectivity index (χ4v) is 8.31. The first-order valence-electron chi connectivity index (χ1n) is 12.9. The quantitative estimate of drug-likeness (QED) is 0.423. The molecule has 38 heavy (non-hydrogen) atoms. The molecule has 4 rings (SSSR count). The lowest BCUT2D eigenvalue weighted by molar-refractivity contribution is -0.143. The molecule has 2 atom stereocenters. The molecule has 2 amide bonds.